The van der Waals surface area contributed by atoms with Crippen molar-refractivity contribution in [3.8, 4) is 0 Å². The second-order valence-corrected chi connectivity index (χ2v) is 6.28. The van der Waals surface area contributed by atoms with E-state index in [0.29, 0.717) is 11.9 Å². The lowest BCUT2D eigenvalue weighted by Crippen LogP contribution is -2.45. The number of carbonyl (C=O) groups is 1. The largest absolute Gasteiger partial charge is 0.477 e. The first kappa shape index (κ1) is 14.9. The molecule has 1 saturated heterocycles. The van der Waals surface area contributed by atoms with Gasteiger partial charge in [0.1, 0.15) is 25.3 Å². The molecule has 0 bridgehead atoms. The lowest BCUT2D eigenvalue weighted by Gasteiger charge is -2.37. The molecular weight excluding hydrogens is 282 g/mol. The number of fused-ring (bicyclic) bond motifs is 1. The standard InChI is InChI=1S/C15H21N5O2/c1-18(2)11-4-7-19(8-5-11)13-6-9-20(3)14(17-13)12(10-16-20)15(21)22/h6,9-11H,4-5,7-8H2,1-3H3/p+1. The second kappa shape index (κ2) is 5.33. The van der Waals surface area contributed by atoms with Crippen LogP contribution in [0.4, 0.5) is 0 Å². The van der Waals surface area contributed by atoms with Crippen LogP contribution < -0.4 is 0 Å². The molecule has 0 aromatic rings. The molecule has 1 atom stereocenters. The fourth-order valence-electron chi connectivity index (χ4n) is 3.10. The number of aliphatic carboxylic acids is 1. The zero-order valence-electron chi connectivity index (χ0n) is 13.2. The predicted molar refractivity (Wildman–Crippen MR) is 84.2 cm³/mol. The molecule has 0 aromatic heterocycles. The molecule has 1 fully saturated rings. The van der Waals surface area contributed by atoms with Crippen LogP contribution in [0.15, 0.2) is 33.8 Å². The molecule has 0 aliphatic carbocycles. The quantitative estimate of drug-likeness (QED) is 0.762. The molecule has 1 unspecified atom stereocenters. The Bertz CT molecular complexity index is 611. The van der Waals surface area contributed by atoms with Crippen molar-refractivity contribution in [2.24, 2.45) is 10.1 Å². The molecule has 0 spiro atoms. The monoisotopic (exact) mass is 304 g/mol. The highest BCUT2D eigenvalue weighted by Crippen LogP contribution is 2.30. The SMILES string of the molecule is CN(C)C1CCN(C2=NC3=C(C(=O)O)C=N[N+]3(C)C=C2)CC1. The summed E-state index contributed by atoms with van der Waals surface area (Å²) in [5.41, 5.74) is 0.174. The Labute approximate surface area is 130 Å². The maximum Gasteiger partial charge on any atom is 0.345 e. The molecule has 3 aliphatic heterocycles. The van der Waals surface area contributed by atoms with Crippen LogP contribution in [0, 0.1) is 0 Å². The second-order valence-electron chi connectivity index (χ2n) is 6.28. The molecule has 0 amide bonds. The van der Waals surface area contributed by atoms with Gasteiger partial charge in [-0.25, -0.2) is 4.79 Å². The summed E-state index contributed by atoms with van der Waals surface area (Å²) in [6.07, 6.45) is 7.41. The van der Waals surface area contributed by atoms with Crippen molar-refractivity contribution < 1.29 is 14.5 Å². The van der Waals surface area contributed by atoms with E-state index >= 15 is 0 Å². The van der Waals surface area contributed by atoms with Gasteiger partial charge in [0.15, 0.2) is 5.57 Å². The van der Waals surface area contributed by atoms with Crippen LogP contribution in [0.2, 0.25) is 0 Å². The molecular formula is C15H22N5O2+. The number of carboxylic acids is 1. The van der Waals surface area contributed by atoms with Crippen LogP contribution in [-0.4, -0.2) is 77.8 Å². The number of quaternary nitrogens is 1. The Morgan fingerprint density at radius 2 is 2.09 bits per heavy atom. The van der Waals surface area contributed by atoms with E-state index in [9.17, 15) is 9.90 Å². The summed E-state index contributed by atoms with van der Waals surface area (Å²) in [4.78, 5) is 20.4. The summed E-state index contributed by atoms with van der Waals surface area (Å²) in [6.45, 7) is 1.87. The van der Waals surface area contributed by atoms with Crippen molar-refractivity contribution >= 4 is 18.0 Å². The topological polar surface area (TPSA) is 68.5 Å². The number of aliphatic imine (C=N–C) groups is 1. The van der Waals surface area contributed by atoms with E-state index in [4.69, 9.17) is 0 Å². The van der Waals surface area contributed by atoms with Crippen molar-refractivity contribution in [2.45, 2.75) is 18.9 Å². The number of nitrogens with zero attached hydrogens (tertiary/aromatic N) is 5. The molecule has 1 N–H and O–H groups in total. The summed E-state index contributed by atoms with van der Waals surface area (Å²) >= 11 is 0. The van der Waals surface area contributed by atoms with Crippen LogP contribution in [0.5, 0.6) is 0 Å². The van der Waals surface area contributed by atoms with Gasteiger partial charge in [0.05, 0.1) is 0 Å². The van der Waals surface area contributed by atoms with Crippen LogP contribution in [-0.2, 0) is 4.79 Å². The molecule has 7 nitrogen and oxygen atoms in total. The normalized spacial score (nSPS) is 28.4. The summed E-state index contributed by atoms with van der Waals surface area (Å²) in [7, 11) is 6.05. The lowest BCUT2D eigenvalue weighted by atomic mass is 10.0. The highest BCUT2D eigenvalue weighted by molar-refractivity contribution is 6.10. The van der Waals surface area contributed by atoms with Crippen molar-refractivity contribution in [1.29, 1.82) is 0 Å². The van der Waals surface area contributed by atoms with Crippen molar-refractivity contribution in [1.82, 2.24) is 9.80 Å². The van der Waals surface area contributed by atoms with Crippen LogP contribution in [0.25, 0.3) is 0 Å². The molecule has 3 heterocycles. The summed E-state index contributed by atoms with van der Waals surface area (Å²) in [5, 5.41) is 13.5. The maximum absolute atomic E-state index is 11.3. The third kappa shape index (κ3) is 2.46. The number of hydrogen-bond donors (Lipinski definition) is 1. The lowest BCUT2D eigenvalue weighted by molar-refractivity contribution is -0.825. The fourth-order valence-corrected chi connectivity index (χ4v) is 3.10. The Morgan fingerprint density at radius 1 is 1.41 bits per heavy atom. The van der Waals surface area contributed by atoms with Gasteiger partial charge in [-0.15, -0.1) is 4.59 Å². The number of amidine groups is 1. The van der Waals surface area contributed by atoms with Crippen LogP contribution in [0.3, 0.4) is 0 Å². The van der Waals surface area contributed by atoms with Gasteiger partial charge in [-0.05, 0) is 26.9 Å². The van der Waals surface area contributed by atoms with Gasteiger partial charge in [-0.3, -0.25) is 0 Å². The zero-order valence-corrected chi connectivity index (χ0v) is 13.2. The van der Waals surface area contributed by atoms with E-state index < -0.39 is 5.97 Å². The van der Waals surface area contributed by atoms with Gasteiger partial charge < -0.3 is 14.9 Å². The number of rotatable bonds is 2. The van der Waals surface area contributed by atoms with Gasteiger partial charge in [0.25, 0.3) is 5.82 Å². The maximum atomic E-state index is 11.3. The van der Waals surface area contributed by atoms with Gasteiger partial charge >= 0.3 is 5.97 Å². The van der Waals surface area contributed by atoms with Crippen molar-refractivity contribution in [3.63, 3.8) is 0 Å². The van der Waals surface area contributed by atoms with Gasteiger partial charge in [0.2, 0.25) is 0 Å². The highest BCUT2D eigenvalue weighted by Gasteiger charge is 2.40. The average molecular weight is 304 g/mol. The van der Waals surface area contributed by atoms with Crippen molar-refractivity contribution in [2.75, 3.05) is 34.2 Å². The van der Waals surface area contributed by atoms with E-state index in [1.165, 1.54) is 6.21 Å². The molecule has 7 heteroatoms. The minimum Gasteiger partial charge on any atom is -0.477 e. The fraction of sp³-hybridized carbons (Fsp3) is 0.533. The summed E-state index contributed by atoms with van der Waals surface area (Å²) < 4.78 is 0.0826. The van der Waals surface area contributed by atoms with E-state index in [-0.39, 0.29) is 10.2 Å². The molecule has 118 valence electrons. The number of likely N-dealkylation sites (tertiary alicyclic amines) is 1. The van der Waals surface area contributed by atoms with E-state index in [1.807, 2.05) is 19.3 Å². The molecule has 0 aromatic carbocycles. The van der Waals surface area contributed by atoms with Gasteiger partial charge in [-0.1, -0.05) is 5.10 Å². The van der Waals surface area contributed by atoms with E-state index in [0.717, 1.165) is 31.8 Å². The Balaban J connectivity index is 1.81. The third-order valence-corrected chi connectivity index (χ3v) is 4.58. The molecule has 0 saturated carbocycles. The number of piperidine rings is 1. The van der Waals surface area contributed by atoms with Crippen molar-refractivity contribution in [3.05, 3.63) is 23.7 Å². The first-order valence-electron chi connectivity index (χ1n) is 7.50. The van der Waals surface area contributed by atoms with Crippen LogP contribution in [0.1, 0.15) is 12.8 Å². The molecule has 3 rings (SSSR count). The smallest absolute Gasteiger partial charge is 0.345 e. The minimum absolute atomic E-state index is 0.0826. The number of hydrogen-bond acceptors (Lipinski definition) is 5. The molecule has 0 radical (unpaired) electrons. The Morgan fingerprint density at radius 3 is 2.68 bits per heavy atom. The number of carboxylic acid groups (broad SMARTS) is 1. The van der Waals surface area contributed by atoms with E-state index in [2.05, 4.69) is 34.0 Å². The first-order chi connectivity index (χ1) is 10.4. The molecule has 3 aliphatic rings. The minimum atomic E-state index is -0.981. The molecule has 22 heavy (non-hydrogen) atoms. The third-order valence-electron chi connectivity index (χ3n) is 4.58. The Hall–Kier alpha value is -1.99. The predicted octanol–water partition coefficient (Wildman–Crippen LogP) is 0.680. The van der Waals surface area contributed by atoms with Crippen LogP contribution >= 0.6 is 0 Å². The summed E-state index contributed by atoms with van der Waals surface area (Å²) in [6, 6.07) is 0.606. The first-order valence-corrected chi connectivity index (χ1v) is 7.50. The highest BCUT2D eigenvalue weighted by atomic mass is 16.4. The zero-order chi connectivity index (χ0) is 15.9. The average Bonchev–Trinajstić information content (AvgIpc) is 2.84. The van der Waals surface area contributed by atoms with E-state index in [1.54, 1.807) is 0 Å². The van der Waals surface area contributed by atoms with Gasteiger partial charge in [-0.2, -0.15) is 4.99 Å². The Kier molecular flexibility index (Phi) is 3.62. The summed E-state index contributed by atoms with van der Waals surface area (Å²) in [5.74, 6) is 0.345. The van der Waals surface area contributed by atoms with Gasteiger partial charge in [0, 0.05) is 25.2 Å².